The van der Waals surface area contributed by atoms with Gasteiger partial charge in [0.2, 0.25) is 0 Å². The number of carbonyl (C=O) groups excluding carboxylic acids is 2. The maximum Gasteiger partial charge on any atom is 0.418 e. The van der Waals surface area contributed by atoms with Gasteiger partial charge in [-0.15, -0.1) is 0 Å². The van der Waals surface area contributed by atoms with Crippen molar-refractivity contribution in [2.45, 2.75) is 25.9 Å². The van der Waals surface area contributed by atoms with Gasteiger partial charge in [0.15, 0.2) is 5.92 Å². The van der Waals surface area contributed by atoms with Gasteiger partial charge in [-0.1, -0.05) is 0 Å². The molecule has 0 unspecified atom stereocenters. The number of rotatable bonds is 6. The second-order valence-corrected chi connectivity index (χ2v) is 4.20. The predicted octanol–water partition coefficient (Wildman–Crippen LogP) is 2.11. The van der Waals surface area contributed by atoms with Gasteiger partial charge in [0.1, 0.15) is 0 Å². The fraction of sp³-hybridized carbons (Fsp3) is 0.462. The highest BCUT2D eigenvalue weighted by Crippen LogP contribution is 2.36. The third-order valence-electron chi connectivity index (χ3n) is 2.67. The van der Waals surface area contributed by atoms with E-state index >= 15 is 0 Å². The highest BCUT2D eigenvalue weighted by molar-refractivity contribution is 6.00. The number of hydrogen-bond acceptors (Lipinski definition) is 7. The van der Waals surface area contributed by atoms with Crippen LogP contribution in [-0.2, 0) is 25.2 Å². The largest absolute Gasteiger partial charge is 0.465 e. The molecule has 0 bridgehead atoms. The predicted molar refractivity (Wildman–Crippen MR) is 70.7 cm³/mol. The van der Waals surface area contributed by atoms with E-state index in [-0.39, 0.29) is 18.9 Å². The van der Waals surface area contributed by atoms with Crippen LogP contribution in [0.5, 0.6) is 0 Å². The van der Waals surface area contributed by atoms with Crippen LogP contribution in [0.15, 0.2) is 12.3 Å². The fourth-order valence-electron chi connectivity index (χ4n) is 1.76. The van der Waals surface area contributed by atoms with Crippen LogP contribution in [0.25, 0.3) is 0 Å². The van der Waals surface area contributed by atoms with E-state index in [9.17, 15) is 22.8 Å². The third-order valence-corrected chi connectivity index (χ3v) is 2.67. The lowest BCUT2D eigenvalue weighted by molar-refractivity contribution is -0.157. The number of pyridine rings is 1. The highest BCUT2D eigenvalue weighted by atomic mass is 19.4. The van der Waals surface area contributed by atoms with Crippen LogP contribution in [-0.4, -0.2) is 35.3 Å². The molecule has 7 nitrogen and oxygen atoms in total. The second-order valence-electron chi connectivity index (χ2n) is 4.20. The number of halogens is 3. The number of carbonyl (C=O) groups is 2. The molecule has 1 heterocycles. The summed E-state index contributed by atoms with van der Waals surface area (Å²) < 4.78 is 48.8. The number of nitrogens with one attached hydrogen (secondary N) is 1. The molecule has 0 amide bonds. The Balaban J connectivity index is 3.45. The normalized spacial score (nSPS) is 11.3. The lowest BCUT2D eigenvalue weighted by atomic mass is 9.99. The quantitative estimate of drug-likeness (QED) is 0.466. The highest BCUT2D eigenvalue weighted by Gasteiger charge is 2.42. The van der Waals surface area contributed by atoms with E-state index < -0.39 is 35.3 Å². The first-order valence-corrected chi connectivity index (χ1v) is 6.56. The number of aromatic nitrogens is 1. The molecule has 1 aromatic rings. The van der Waals surface area contributed by atoms with Crippen LogP contribution in [0.2, 0.25) is 0 Å². The van der Waals surface area contributed by atoms with Gasteiger partial charge in [-0.25, -0.2) is 0 Å². The summed E-state index contributed by atoms with van der Waals surface area (Å²) in [5, 5.41) is 8.70. The van der Waals surface area contributed by atoms with Crippen LogP contribution in [0.1, 0.15) is 31.0 Å². The molecule has 0 saturated heterocycles. The molecule has 2 N–H and O–H groups in total. The number of esters is 2. The van der Waals surface area contributed by atoms with Gasteiger partial charge in [0.05, 0.1) is 36.4 Å². The monoisotopic (exact) mass is 336 g/mol. The Bertz CT molecular complexity index is 559. The molecule has 128 valence electrons. The summed E-state index contributed by atoms with van der Waals surface area (Å²) in [5.41, 5.74) is -1.05. The molecule has 0 aromatic carbocycles. The third kappa shape index (κ3) is 4.55. The summed E-state index contributed by atoms with van der Waals surface area (Å²) in [6.45, 7) is 2.62. The molecular formula is C13H15F3N2O5. The first-order chi connectivity index (χ1) is 10.8. The van der Waals surface area contributed by atoms with E-state index in [1.54, 1.807) is 0 Å². The minimum Gasteiger partial charge on any atom is -0.465 e. The van der Waals surface area contributed by atoms with Gasteiger partial charge in [-0.2, -0.15) is 13.2 Å². The summed E-state index contributed by atoms with van der Waals surface area (Å²) in [7, 11) is 0. The SMILES string of the molecule is CCOC(=O)C(C(=O)OCC)c1ncc(NO)cc1C(F)(F)F. The molecule has 0 aliphatic carbocycles. The molecule has 1 rings (SSSR count). The van der Waals surface area contributed by atoms with Crippen molar-refractivity contribution in [1.29, 1.82) is 0 Å². The van der Waals surface area contributed by atoms with Crippen LogP contribution >= 0.6 is 0 Å². The molecule has 0 aliphatic heterocycles. The Labute approximate surface area is 129 Å². The van der Waals surface area contributed by atoms with E-state index in [0.717, 1.165) is 6.20 Å². The van der Waals surface area contributed by atoms with Crippen LogP contribution < -0.4 is 5.48 Å². The van der Waals surface area contributed by atoms with Crippen LogP contribution in [0.3, 0.4) is 0 Å². The van der Waals surface area contributed by atoms with Crippen molar-refractivity contribution in [1.82, 2.24) is 4.98 Å². The van der Waals surface area contributed by atoms with Gasteiger partial charge in [0, 0.05) is 0 Å². The molecule has 0 aliphatic rings. The average Bonchev–Trinajstić information content (AvgIpc) is 2.47. The second kappa shape index (κ2) is 7.77. The van der Waals surface area contributed by atoms with E-state index in [1.165, 1.54) is 19.3 Å². The van der Waals surface area contributed by atoms with E-state index in [4.69, 9.17) is 5.21 Å². The maximum absolute atomic E-state index is 13.2. The van der Waals surface area contributed by atoms with Crippen LogP contribution in [0, 0.1) is 0 Å². The minimum atomic E-state index is -4.91. The van der Waals surface area contributed by atoms with Crippen molar-refractivity contribution >= 4 is 17.6 Å². The number of nitrogens with zero attached hydrogens (tertiary/aromatic N) is 1. The fourth-order valence-corrected chi connectivity index (χ4v) is 1.76. The van der Waals surface area contributed by atoms with Crippen molar-refractivity contribution in [3.63, 3.8) is 0 Å². The van der Waals surface area contributed by atoms with E-state index in [1.807, 2.05) is 0 Å². The summed E-state index contributed by atoms with van der Waals surface area (Å²) >= 11 is 0. The zero-order valence-corrected chi connectivity index (χ0v) is 12.3. The molecule has 0 radical (unpaired) electrons. The first-order valence-electron chi connectivity index (χ1n) is 6.56. The molecule has 23 heavy (non-hydrogen) atoms. The van der Waals surface area contributed by atoms with Gasteiger partial charge >= 0.3 is 18.1 Å². The van der Waals surface area contributed by atoms with Gasteiger partial charge in [0.25, 0.3) is 0 Å². The van der Waals surface area contributed by atoms with E-state index in [0.29, 0.717) is 6.07 Å². The van der Waals surface area contributed by atoms with E-state index in [2.05, 4.69) is 14.5 Å². The standard InChI is InChI=1S/C13H15F3N2O5/c1-3-22-11(19)9(12(20)23-4-2)10-8(13(14,15)16)5-7(18-21)6-17-10/h5-6,9,18,21H,3-4H2,1-2H3. The number of hydrogen-bond donors (Lipinski definition) is 2. The first kappa shape index (κ1) is 18.7. The minimum absolute atomic E-state index is 0.133. The summed E-state index contributed by atoms with van der Waals surface area (Å²) in [4.78, 5) is 27.3. The maximum atomic E-state index is 13.2. The molecular weight excluding hydrogens is 321 g/mol. The Morgan fingerprint density at radius 3 is 2.17 bits per heavy atom. The van der Waals surface area contributed by atoms with Gasteiger partial charge in [-0.05, 0) is 19.9 Å². The number of alkyl halides is 3. The van der Waals surface area contributed by atoms with Gasteiger partial charge in [-0.3, -0.25) is 25.3 Å². The zero-order chi connectivity index (χ0) is 17.6. The molecule has 0 saturated carbocycles. The van der Waals surface area contributed by atoms with Gasteiger partial charge < -0.3 is 9.47 Å². The Morgan fingerprint density at radius 1 is 1.26 bits per heavy atom. The zero-order valence-electron chi connectivity index (χ0n) is 12.3. The van der Waals surface area contributed by atoms with Crippen molar-refractivity contribution in [2.75, 3.05) is 18.7 Å². The Hall–Kier alpha value is -2.36. The average molecular weight is 336 g/mol. The summed E-state index contributed by atoms with van der Waals surface area (Å²) in [6, 6.07) is 0.522. The lowest BCUT2D eigenvalue weighted by Crippen LogP contribution is -2.29. The van der Waals surface area contributed by atoms with Crippen LogP contribution in [0.4, 0.5) is 18.9 Å². The summed E-state index contributed by atoms with van der Waals surface area (Å²) in [6.07, 6.45) is -4.07. The smallest absolute Gasteiger partial charge is 0.418 e. The molecule has 0 atom stereocenters. The lowest BCUT2D eigenvalue weighted by Gasteiger charge is -2.19. The van der Waals surface area contributed by atoms with Crippen molar-refractivity contribution in [3.8, 4) is 0 Å². The Morgan fingerprint density at radius 2 is 1.78 bits per heavy atom. The molecule has 10 heteroatoms. The summed E-state index contributed by atoms with van der Waals surface area (Å²) in [5.74, 6) is -4.37. The number of anilines is 1. The molecule has 0 fully saturated rings. The Kier molecular flexibility index (Phi) is 6.31. The number of ether oxygens (including phenoxy) is 2. The van der Waals surface area contributed by atoms with Crippen molar-refractivity contribution in [2.24, 2.45) is 0 Å². The topological polar surface area (TPSA) is 97.8 Å². The molecule has 1 aromatic heterocycles. The van der Waals surface area contributed by atoms with Crippen molar-refractivity contribution < 1.29 is 37.4 Å². The van der Waals surface area contributed by atoms with Crippen molar-refractivity contribution in [3.05, 3.63) is 23.5 Å². The molecule has 0 spiro atoms.